The highest BCUT2D eigenvalue weighted by atomic mass is 19.1. The molecule has 0 bridgehead atoms. The maximum atomic E-state index is 13.1. The van der Waals surface area contributed by atoms with Gasteiger partial charge in [0.25, 0.3) is 0 Å². The summed E-state index contributed by atoms with van der Waals surface area (Å²) in [5.74, 6) is -0.218. The molecular weight excluding hydrogens is 271 g/mol. The number of rotatable bonds is 12. The van der Waals surface area contributed by atoms with E-state index in [0.29, 0.717) is 0 Å². The van der Waals surface area contributed by atoms with E-state index in [9.17, 15) is 4.39 Å². The highest BCUT2D eigenvalue weighted by Crippen LogP contribution is 2.08. The van der Waals surface area contributed by atoms with Gasteiger partial charge in [-0.25, -0.2) is 4.39 Å². The van der Waals surface area contributed by atoms with Gasteiger partial charge in [-0.2, -0.15) is 0 Å². The number of hydrogen-bond donors (Lipinski definition) is 1. The predicted octanol–water partition coefficient (Wildman–Crippen LogP) is 2.61. The quantitative estimate of drug-likeness (QED) is 0.602. The predicted molar refractivity (Wildman–Crippen MR) is 84.3 cm³/mol. The van der Waals surface area contributed by atoms with Gasteiger partial charge in [0.15, 0.2) is 0 Å². The van der Waals surface area contributed by atoms with Gasteiger partial charge in [0.05, 0.1) is 13.2 Å². The van der Waals surface area contributed by atoms with Crippen molar-refractivity contribution >= 4 is 5.69 Å². The standard InChI is InChI=1S/C16H27FN2O2/c1-3-20-12-10-19(11-13-21-4-2)9-8-18-16-7-5-6-15(17)14-16/h5-7,14,18H,3-4,8-13H2,1-2H3. The Balaban J connectivity index is 2.29. The molecule has 0 aliphatic heterocycles. The Morgan fingerprint density at radius 2 is 1.71 bits per heavy atom. The highest BCUT2D eigenvalue weighted by molar-refractivity contribution is 5.42. The number of benzene rings is 1. The lowest BCUT2D eigenvalue weighted by Gasteiger charge is -2.22. The molecule has 0 amide bonds. The van der Waals surface area contributed by atoms with E-state index in [1.807, 2.05) is 19.9 Å². The van der Waals surface area contributed by atoms with Gasteiger partial charge >= 0.3 is 0 Å². The van der Waals surface area contributed by atoms with Crippen LogP contribution in [0.1, 0.15) is 13.8 Å². The summed E-state index contributed by atoms with van der Waals surface area (Å²) < 4.78 is 23.9. The van der Waals surface area contributed by atoms with E-state index < -0.39 is 0 Å². The van der Waals surface area contributed by atoms with Crippen LogP contribution in [-0.4, -0.2) is 57.5 Å². The number of ether oxygens (including phenoxy) is 2. The fraction of sp³-hybridized carbons (Fsp3) is 0.625. The summed E-state index contributed by atoms with van der Waals surface area (Å²) in [6.07, 6.45) is 0. The Morgan fingerprint density at radius 1 is 1.05 bits per heavy atom. The normalized spacial score (nSPS) is 11.0. The van der Waals surface area contributed by atoms with Crippen molar-refractivity contribution in [2.75, 3.05) is 57.9 Å². The van der Waals surface area contributed by atoms with Gasteiger partial charge in [-0.15, -0.1) is 0 Å². The molecule has 0 radical (unpaired) electrons. The molecule has 0 spiro atoms. The summed E-state index contributed by atoms with van der Waals surface area (Å²) >= 11 is 0. The molecule has 0 aromatic heterocycles. The highest BCUT2D eigenvalue weighted by Gasteiger charge is 2.04. The third-order valence-corrected chi connectivity index (χ3v) is 3.09. The molecule has 21 heavy (non-hydrogen) atoms. The van der Waals surface area contributed by atoms with Gasteiger partial charge in [-0.1, -0.05) is 6.07 Å². The molecule has 0 heterocycles. The van der Waals surface area contributed by atoms with Crippen LogP contribution in [0, 0.1) is 5.82 Å². The minimum absolute atomic E-state index is 0.218. The minimum atomic E-state index is -0.218. The molecule has 0 fully saturated rings. The third kappa shape index (κ3) is 8.65. The molecule has 1 aromatic carbocycles. The molecule has 0 aliphatic carbocycles. The Kier molecular flexibility index (Phi) is 9.78. The molecule has 0 aliphatic rings. The van der Waals surface area contributed by atoms with Crippen molar-refractivity contribution in [1.29, 1.82) is 0 Å². The molecule has 5 heteroatoms. The van der Waals surface area contributed by atoms with Crippen molar-refractivity contribution in [3.63, 3.8) is 0 Å². The zero-order chi connectivity index (χ0) is 15.3. The summed E-state index contributed by atoms with van der Waals surface area (Å²) in [5, 5.41) is 3.23. The maximum absolute atomic E-state index is 13.1. The van der Waals surface area contributed by atoms with Crippen LogP contribution in [0.5, 0.6) is 0 Å². The van der Waals surface area contributed by atoms with Crippen molar-refractivity contribution in [3.8, 4) is 0 Å². The molecule has 0 saturated heterocycles. The van der Waals surface area contributed by atoms with E-state index in [0.717, 1.165) is 58.3 Å². The molecule has 1 N–H and O–H groups in total. The topological polar surface area (TPSA) is 33.7 Å². The Morgan fingerprint density at radius 3 is 2.29 bits per heavy atom. The molecule has 120 valence electrons. The number of halogens is 1. The number of hydrogen-bond acceptors (Lipinski definition) is 4. The van der Waals surface area contributed by atoms with Crippen LogP contribution in [0.4, 0.5) is 10.1 Å². The average molecular weight is 298 g/mol. The lowest BCUT2D eigenvalue weighted by molar-refractivity contribution is 0.0846. The van der Waals surface area contributed by atoms with Crippen molar-refractivity contribution in [3.05, 3.63) is 30.1 Å². The molecule has 0 atom stereocenters. The van der Waals surface area contributed by atoms with E-state index in [1.54, 1.807) is 6.07 Å². The molecule has 0 unspecified atom stereocenters. The summed E-state index contributed by atoms with van der Waals surface area (Å²) in [6, 6.07) is 6.53. The molecule has 0 saturated carbocycles. The molecule has 1 aromatic rings. The summed E-state index contributed by atoms with van der Waals surface area (Å²) in [4.78, 5) is 2.29. The average Bonchev–Trinajstić information content (AvgIpc) is 2.47. The van der Waals surface area contributed by atoms with Crippen LogP contribution >= 0.6 is 0 Å². The fourth-order valence-corrected chi connectivity index (χ4v) is 1.97. The first-order valence-corrected chi connectivity index (χ1v) is 7.63. The largest absolute Gasteiger partial charge is 0.384 e. The molecular formula is C16H27FN2O2. The fourth-order valence-electron chi connectivity index (χ4n) is 1.97. The SMILES string of the molecule is CCOCCN(CCNc1cccc(F)c1)CCOCC. The van der Waals surface area contributed by atoms with Crippen molar-refractivity contribution in [1.82, 2.24) is 4.90 Å². The van der Waals surface area contributed by atoms with Gasteiger partial charge in [-0.05, 0) is 32.0 Å². The number of nitrogens with zero attached hydrogens (tertiary/aromatic N) is 1. The lowest BCUT2D eigenvalue weighted by Crippen LogP contribution is -2.35. The van der Waals surface area contributed by atoms with Gasteiger partial charge in [0.1, 0.15) is 5.82 Å². The monoisotopic (exact) mass is 298 g/mol. The Labute approximate surface area is 127 Å². The smallest absolute Gasteiger partial charge is 0.125 e. The van der Waals surface area contributed by atoms with Crippen molar-refractivity contribution < 1.29 is 13.9 Å². The van der Waals surface area contributed by atoms with Crippen LogP contribution in [0.15, 0.2) is 24.3 Å². The van der Waals surface area contributed by atoms with Gasteiger partial charge in [0.2, 0.25) is 0 Å². The summed E-state index contributed by atoms with van der Waals surface area (Å²) in [7, 11) is 0. The van der Waals surface area contributed by atoms with E-state index in [2.05, 4.69) is 10.2 Å². The first kappa shape index (κ1) is 17.9. The van der Waals surface area contributed by atoms with Crippen LogP contribution in [0.3, 0.4) is 0 Å². The van der Waals surface area contributed by atoms with Crippen LogP contribution in [0.2, 0.25) is 0 Å². The maximum Gasteiger partial charge on any atom is 0.125 e. The first-order chi connectivity index (χ1) is 10.3. The van der Waals surface area contributed by atoms with E-state index in [4.69, 9.17) is 9.47 Å². The second-order valence-electron chi connectivity index (χ2n) is 4.67. The summed E-state index contributed by atoms with van der Waals surface area (Å²) in [6.45, 7) is 10.3. The minimum Gasteiger partial charge on any atom is -0.384 e. The number of nitrogens with one attached hydrogen (secondary N) is 1. The first-order valence-electron chi connectivity index (χ1n) is 7.63. The summed E-state index contributed by atoms with van der Waals surface area (Å²) in [5.41, 5.74) is 0.810. The lowest BCUT2D eigenvalue weighted by atomic mass is 10.3. The van der Waals surface area contributed by atoms with Gasteiger partial charge in [-0.3, -0.25) is 4.90 Å². The second-order valence-corrected chi connectivity index (χ2v) is 4.67. The van der Waals surface area contributed by atoms with Crippen molar-refractivity contribution in [2.45, 2.75) is 13.8 Å². The second kappa shape index (κ2) is 11.5. The van der Waals surface area contributed by atoms with E-state index in [1.165, 1.54) is 12.1 Å². The van der Waals surface area contributed by atoms with Crippen LogP contribution in [0.25, 0.3) is 0 Å². The van der Waals surface area contributed by atoms with E-state index >= 15 is 0 Å². The van der Waals surface area contributed by atoms with Gasteiger partial charge in [0, 0.05) is 45.1 Å². The Hall–Kier alpha value is -1.17. The zero-order valence-corrected chi connectivity index (χ0v) is 13.1. The molecule has 1 rings (SSSR count). The zero-order valence-electron chi connectivity index (χ0n) is 13.1. The molecule has 4 nitrogen and oxygen atoms in total. The number of anilines is 1. The van der Waals surface area contributed by atoms with Gasteiger partial charge < -0.3 is 14.8 Å². The van der Waals surface area contributed by atoms with Crippen LogP contribution in [-0.2, 0) is 9.47 Å². The third-order valence-electron chi connectivity index (χ3n) is 3.09. The van der Waals surface area contributed by atoms with Crippen molar-refractivity contribution in [2.24, 2.45) is 0 Å². The van der Waals surface area contributed by atoms with E-state index in [-0.39, 0.29) is 5.82 Å². The van der Waals surface area contributed by atoms with Crippen LogP contribution < -0.4 is 5.32 Å². The Bertz CT molecular complexity index is 367.